The molecule has 0 aromatic carbocycles. The van der Waals surface area contributed by atoms with Crippen LogP contribution in [0.2, 0.25) is 0 Å². The molecule has 3 aromatic rings. The van der Waals surface area contributed by atoms with Gasteiger partial charge in [-0.2, -0.15) is 4.31 Å². The van der Waals surface area contributed by atoms with Crippen LogP contribution in [-0.4, -0.2) is 69.1 Å². The molecule has 0 amide bonds. The molecule has 2 aliphatic rings. The number of aliphatic hydroxyl groups excluding tert-OH is 1. The first kappa shape index (κ1) is 29.8. The van der Waals surface area contributed by atoms with Gasteiger partial charge in [-0.1, -0.05) is 0 Å². The first-order valence-electron chi connectivity index (χ1n) is 10.9. The zero-order valence-corrected chi connectivity index (χ0v) is 23.4. The summed E-state index contributed by atoms with van der Waals surface area (Å²) in [6.07, 6.45) is -1.48. The molecule has 5 rings (SSSR count). The number of nitrogens with one attached hydrogen (secondary N) is 1. The van der Waals surface area contributed by atoms with Gasteiger partial charge in [-0.15, -0.1) is 25.4 Å². The van der Waals surface area contributed by atoms with Crippen molar-refractivity contribution in [1.82, 2.24) is 14.5 Å². The number of nitrogens with zero attached hydrogens (tertiary/aromatic N) is 3. The van der Waals surface area contributed by atoms with Gasteiger partial charge in [0.05, 0.1) is 18.5 Å². The largest absolute Gasteiger partial charge is 0.529 e. The Labute approximate surface area is 227 Å². The minimum Gasteiger partial charge on any atom is -0.387 e. The van der Waals surface area contributed by atoms with E-state index in [1.165, 1.54) is 29.2 Å². The molecule has 1 saturated heterocycles. The number of rotatable bonds is 10. The number of aliphatic hydroxyl groups is 2. The van der Waals surface area contributed by atoms with Gasteiger partial charge in [0, 0.05) is 16.6 Å². The summed E-state index contributed by atoms with van der Waals surface area (Å²) in [7, 11) is -16.5. The summed E-state index contributed by atoms with van der Waals surface area (Å²) < 4.78 is 61.3. The van der Waals surface area contributed by atoms with Crippen LogP contribution < -0.4 is 5.32 Å². The fourth-order valence-corrected chi connectivity index (χ4v) is 7.44. The molecule has 220 valence electrons. The van der Waals surface area contributed by atoms with Gasteiger partial charge in [0.15, 0.2) is 6.23 Å². The molecule has 0 bridgehead atoms. The van der Waals surface area contributed by atoms with Crippen LogP contribution in [0, 0.1) is 0 Å². The SMILES string of the molecule is C[C@@]1(O)[C@H](O)[C@@H](COP(=O)(OO)OOP(=O)(O)OP(=O)(O)O)O[C@H]1n1cc2c3c(ncnc31)NCc1sccc1-2. The lowest BCUT2D eigenvalue weighted by molar-refractivity contribution is -0.220. The second kappa shape index (κ2) is 10.6. The highest BCUT2D eigenvalue weighted by molar-refractivity contribution is 7.60. The number of aromatic nitrogens is 3. The molecule has 19 nitrogen and oxygen atoms in total. The molecule has 6 atom stereocenters. The standard InChI is InChI=1S/C17H21N4O15P3S/c1-17(23)13(22)10(6-31-39(30,33-24)35-34-38(28,29)36-37(25,26)27)32-16(17)21-5-9-8-2-3-40-11(8)4-18-14-12(9)15(21)20-7-19-14/h2-3,5,7,10,13,16,22-24H,4,6H2,1H3,(H,28,29)(H,18,19,20)(H2,25,26,27)/t10-,13-,16-,17-,39?/m1/s1. The van der Waals surface area contributed by atoms with Gasteiger partial charge in [0.2, 0.25) is 0 Å². The molecule has 23 heteroatoms. The van der Waals surface area contributed by atoms with Crippen LogP contribution in [0.15, 0.2) is 24.0 Å². The van der Waals surface area contributed by atoms with Crippen LogP contribution in [0.3, 0.4) is 0 Å². The van der Waals surface area contributed by atoms with Gasteiger partial charge in [0.1, 0.15) is 35.6 Å². The maximum absolute atomic E-state index is 12.4. The Hall–Kier alpha value is -1.67. The van der Waals surface area contributed by atoms with E-state index in [-0.39, 0.29) is 0 Å². The molecule has 0 spiro atoms. The third-order valence-electron chi connectivity index (χ3n) is 5.99. The van der Waals surface area contributed by atoms with Crippen molar-refractivity contribution in [3.8, 4) is 11.1 Å². The second-order valence-corrected chi connectivity index (χ2v) is 13.9. The molecular formula is C17H21N4O15P3S. The maximum Gasteiger partial charge on any atom is 0.529 e. The van der Waals surface area contributed by atoms with E-state index in [1.54, 1.807) is 6.20 Å². The van der Waals surface area contributed by atoms with Crippen LogP contribution >= 0.6 is 34.8 Å². The zero-order chi connectivity index (χ0) is 29.1. The number of ether oxygens (including phenoxy) is 1. The number of thiophene rings is 1. The normalized spacial score (nSPS) is 27.5. The molecule has 1 fully saturated rings. The molecule has 3 aromatic heterocycles. The summed E-state index contributed by atoms with van der Waals surface area (Å²) in [6, 6.07) is 1.92. The molecule has 5 heterocycles. The fraction of sp³-hybridized carbons (Fsp3) is 0.412. The van der Waals surface area contributed by atoms with Crippen molar-refractivity contribution in [2.45, 2.75) is 37.5 Å². The number of hydrogen-bond acceptors (Lipinski definition) is 16. The topological polar surface area (TPSA) is 271 Å². The van der Waals surface area contributed by atoms with Gasteiger partial charge in [-0.05, 0) is 23.9 Å². The average Bonchev–Trinajstić information content (AvgIpc) is 3.51. The molecular weight excluding hydrogens is 625 g/mol. The number of hydrogen-bond donors (Lipinski definition) is 7. The van der Waals surface area contributed by atoms with Gasteiger partial charge < -0.3 is 39.5 Å². The van der Waals surface area contributed by atoms with E-state index in [1.807, 2.05) is 11.4 Å². The van der Waals surface area contributed by atoms with Crippen molar-refractivity contribution >= 4 is 51.7 Å². The number of anilines is 1. The Balaban J connectivity index is 1.37. The summed E-state index contributed by atoms with van der Waals surface area (Å²) in [5.41, 5.74) is 0.0113. The molecule has 0 aliphatic carbocycles. The molecule has 0 radical (unpaired) electrons. The lowest BCUT2D eigenvalue weighted by atomic mass is 9.96. The number of fused-ring (bicyclic) bond motifs is 2. The van der Waals surface area contributed by atoms with Crippen molar-refractivity contribution in [1.29, 1.82) is 0 Å². The second-order valence-electron chi connectivity index (χ2n) is 8.69. The molecule has 7 N–H and O–H groups in total. The quantitative estimate of drug-likeness (QED) is 0.0940. The Morgan fingerprint density at radius 1 is 1.23 bits per heavy atom. The zero-order valence-electron chi connectivity index (χ0n) is 19.9. The average molecular weight is 646 g/mol. The first-order chi connectivity index (χ1) is 18.6. The fourth-order valence-electron chi connectivity index (χ4n) is 4.32. The van der Waals surface area contributed by atoms with Crippen LogP contribution in [0.5, 0.6) is 0 Å². The van der Waals surface area contributed by atoms with Gasteiger partial charge in [-0.3, -0.25) is 4.52 Å². The maximum atomic E-state index is 12.4. The summed E-state index contributed by atoms with van der Waals surface area (Å²) in [6.45, 7) is 0.880. The molecule has 2 unspecified atom stereocenters. The lowest BCUT2D eigenvalue weighted by Crippen LogP contribution is -2.44. The van der Waals surface area contributed by atoms with Gasteiger partial charge in [-0.25, -0.2) is 28.9 Å². The van der Waals surface area contributed by atoms with Crippen molar-refractivity contribution in [3.63, 3.8) is 0 Å². The van der Waals surface area contributed by atoms with Crippen molar-refractivity contribution in [3.05, 3.63) is 28.8 Å². The van der Waals surface area contributed by atoms with Crippen molar-refractivity contribution in [2.75, 3.05) is 11.9 Å². The predicted octanol–water partition coefficient (Wildman–Crippen LogP) is 1.87. The molecule has 0 saturated carbocycles. The highest BCUT2D eigenvalue weighted by Crippen LogP contribution is 2.61. The van der Waals surface area contributed by atoms with E-state index < -0.39 is 54.1 Å². The predicted molar refractivity (Wildman–Crippen MR) is 131 cm³/mol. The van der Waals surface area contributed by atoms with E-state index in [9.17, 15) is 28.8 Å². The third kappa shape index (κ3) is 5.68. The summed E-state index contributed by atoms with van der Waals surface area (Å²) >= 11 is 1.54. The smallest absolute Gasteiger partial charge is 0.387 e. The van der Waals surface area contributed by atoms with E-state index in [4.69, 9.17) is 24.3 Å². The minimum absolute atomic E-state index is 0.357. The van der Waals surface area contributed by atoms with Crippen molar-refractivity contribution < 1.29 is 71.4 Å². The highest BCUT2D eigenvalue weighted by atomic mass is 32.1. The Kier molecular flexibility index (Phi) is 7.86. The number of phosphoric acid groups is 3. The monoisotopic (exact) mass is 646 g/mol. The lowest BCUT2D eigenvalue weighted by Gasteiger charge is -2.27. The van der Waals surface area contributed by atoms with E-state index >= 15 is 0 Å². The molecule has 2 aliphatic heterocycles. The Bertz CT molecular complexity index is 1570. The van der Waals surface area contributed by atoms with E-state index in [0.717, 1.165) is 16.0 Å². The Morgan fingerprint density at radius 2 is 1.98 bits per heavy atom. The van der Waals surface area contributed by atoms with Crippen LogP contribution in [0.1, 0.15) is 18.0 Å². The van der Waals surface area contributed by atoms with Crippen LogP contribution in [0.4, 0.5) is 5.82 Å². The highest BCUT2D eigenvalue weighted by Gasteiger charge is 2.54. The summed E-state index contributed by atoms with van der Waals surface area (Å²) in [5, 5.41) is 36.7. The van der Waals surface area contributed by atoms with Gasteiger partial charge in [0.25, 0.3) is 0 Å². The third-order valence-corrected chi connectivity index (χ3v) is 9.89. The summed E-state index contributed by atoms with van der Waals surface area (Å²) in [4.78, 5) is 36.1. The van der Waals surface area contributed by atoms with Crippen molar-refractivity contribution in [2.24, 2.45) is 0 Å². The van der Waals surface area contributed by atoms with E-state index in [0.29, 0.717) is 23.4 Å². The Morgan fingerprint density at radius 3 is 2.67 bits per heavy atom. The minimum atomic E-state index is -5.67. The van der Waals surface area contributed by atoms with Gasteiger partial charge >= 0.3 is 23.5 Å². The van der Waals surface area contributed by atoms with E-state index in [2.05, 4.69) is 33.6 Å². The van der Waals surface area contributed by atoms with Crippen LogP contribution in [0.25, 0.3) is 22.2 Å². The van der Waals surface area contributed by atoms with Crippen LogP contribution in [-0.2, 0) is 47.8 Å². The first-order valence-corrected chi connectivity index (χ1v) is 16.3. The molecule has 40 heavy (non-hydrogen) atoms. The summed E-state index contributed by atoms with van der Waals surface area (Å²) in [5.74, 6) is 0.544.